The average Bonchev–Trinajstić information content (AvgIpc) is 3.01. The number of aryl methyl sites for hydroxylation is 2. The number of rotatable bonds is 8. The highest BCUT2D eigenvalue weighted by Crippen LogP contribution is 2.19. The van der Waals surface area contributed by atoms with E-state index >= 15 is 0 Å². The largest absolute Gasteiger partial charge is 0.396 e. The van der Waals surface area contributed by atoms with Crippen molar-refractivity contribution in [3.8, 4) is 5.69 Å². The molecule has 4 nitrogen and oxygen atoms in total. The summed E-state index contributed by atoms with van der Waals surface area (Å²) < 4.78 is 1.97. The van der Waals surface area contributed by atoms with Gasteiger partial charge in [0, 0.05) is 24.9 Å². The summed E-state index contributed by atoms with van der Waals surface area (Å²) in [5.74, 6) is 0. The summed E-state index contributed by atoms with van der Waals surface area (Å²) in [4.78, 5) is 0. The van der Waals surface area contributed by atoms with E-state index in [0.717, 1.165) is 36.5 Å². The predicted octanol–water partition coefficient (Wildman–Crippen LogP) is 4.09. The number of nitrogens with one attached hydrogen (secondary N) is 1. The maximum Gasteiger partial charge on any atom is 0.0648 e. The fraction of sp³-hybridized carbons (Fsp3) is 0.318. The van der Waals surface area contributed by atoms with Gasteiger partial charge in [0.15, 0.2) is 0 Å². The Kier molecular flexibility index (Phi) is 6.21. The van der Waals surface area contributed by atoms with E-state index in [1.165, 1.54) is 11.1 Å². The number of aromatic nitrogens is 2. The van der Waals surface area contributed by atoms with Crippen LogP contribution in [0.25, 0.3) is 5.69 Å². The van der Waals surface area contributed by atoms with Crippen molar-refractivity contribution in [1.82, 2.24) is 15.1 Å². The van der Waals surface area contributed by atoms with E-state index in [4.69, 9.17) is 0 Å². The third kappa shape index (κ3) is 4.59. The van der Waals surface area contributed by atoms with Crippen LogP contribution in [0.3, 0.4) is 0 Å². The maximum atomic E-state index is 9.17. The zero-order valence-corrected chi connectivity index (χ0v) is 15.5. The monoisotopic (exact) mass is 349 g/mol. The molecule has 1 aromatic heterocycles. The number of aliphatic hydroxyl groups is 1. The second kappa shape index (κ2) is 8.79. The van der Waals surface area contributed by atoms with Gasteiger partial charge in [0.2, 0.25) is 0 Å². The van der Waals surface area contributed by atoms with Crippen LogP contribution in [0, 0.1) is 13.8 Å². The van der Waals surface area contributed by atoms with Crippen molar-refractivity contribution in [1.29, 1.82) is 0 Å². The number of hydrogen-bond acceptors (Lipinski definition) is 3. The lowest BCUT2D eigenvalue weighted by Crippen LogP contribution is -2.21. The molecular formula is C22H27N3O. The Hall–Kier alpha value is -2.43. The topological polar surface area (TPSA) is 50.1 Å². The van der Waals surface area contributed by atoms with Gasteiger partial charge in [0.05, 0.1) is 11.4 Å². The molecule has 1 unspecified atom stereocenters. The zero-order chi connectivity index (χ0) is 18.4. The second-order valence-electron chi connectivity index (χ2n) is 6.72. The van der Waals surface area contributed by atoms with Gasteiger partial charge in [-0.3, -0.25) is 0 Å². The summed E-state index contributed by atoms with van der Waals surface area (Å²) in [6, 6.07) is 21.3. The van der Waals surface area contributed by atoms with E-state index in [9.17, 15) is 5.11 Å². The van der Waals surface area contributed by atoms with Gasteiger partial charge in [0.25, 0.3) is 0 Å². The van der Waals surface area contributed by atoms with Gasteiger partial charge < -0.3 is 10.4 Å². The van der Waals surface area contributed by atoms with E-state index in [1.54, 1.807) is 0 Å². The van der Waals surface area contributed by atoms with Gasteiger partial charge in [-0.25, -0.2) is 4.68 Å². The van der Waals surface area contributed by atoms with Crippen LogP contribution in [0.1, 0.15) is 41.4 Å². The molecule has 0 radical (unpaired) electrons. The molecule has 0 spiro atoms. The standard InChI is InChI=1S/C22H27N3O/c1-17-15-18(2)25(24-17)21-12-10-19(11-13-21)16-23-22(9-6-14-26)20-7-4-3-5-8-20/h3-5,7-8,10-13,15,22-23,26H,6,9,14,16H2,1-2H3. The van der Waals surface area contributed by atoms with Crippen molar-refractivity contribution in [3.63, 3.8) is 0 Å². The first-order valence-corrected chi connectivity index (χ1v) is 9.19. The molecule has 0 bridgehead atoms. The molecule has 0 aliphatic rings. The Morgan fingerprint density at radius 3 is 2.38 bits per heavy atom. The molecule has 1 heterocycles. The Balaban J connectivity index is 1.67. The average molecular weight is 349 g/mol. The smallest absolute Gasteiger partial charge is 0.0648 e. The zero-order valence-electron chi connectivity index (χ0n) is 15.5. The normalized spacial score (nSPS) is 12.3. The van der Waals surface area contributed by atoms with Crippen LogP contribution in [0.5, 0.6) is 0 Å². The number of aliphatic hydroxyl groups excluding tert-OH is 1. The minimum Gasteiger partial charge on any atom is -0.396 e. The first kappa shape index (κ1) is 18.4. The highest BCUT2D eigenvalue weighted by molar-refractivity contribution is 5.36. The Labute approximate surface area is 155 Å². The van der Waals surface area contributed by atoms with Crippen molar-refractivity contribution in [2.45, 2.75) is 39.3 Å². The van der Waals surface area contributed by atoms with Gasteiger partial charge in [-0.2, -0.15) is 5.10 Å². The van der Waals surface area contributed by atoms with E-state index in [-0.39, 0.29) is 12.6 Å². The molecule has 0 aliphatic carbocycles. The first-order chi connectivity index (χ1) is 12.7. The number of hydrogen-bond donors (Lipinski definition) is 2. The van der Waals surface area contributed by atoms with Crippen LogP contribution < -0.4 is 5.32 Å². The molecule has 3 aromatic rings. The van der Waals surface area contributed by atoms with Gasteiger partial charge >= 0.3 is 0 Å². The molecular weight excluding hydrogens is 322 g/mol. The fourth-order valence-electron chi connectivity index (χ4n) is 3.25. The second-order valence-corrected chi connectivity index (χ2v) is 6.72. The lowest BCUT2D eigenvalue weighted by atomic mass is 10.0. The lowest BCUT2D eigenvalue weighted by Gasteiger charge is -2.19. The highest BCUT2D eigenvalue weighted by Gasteiger charge is 2.10. The van der Waals surface area contributed by atoms with Gasteiger partial charge in [-0.05, 0) is 56.0 Å². The van der Waals surface area contributed by atoms with E-state index in [1.807, 2.05) is 17.7 Å². The van der Waals surface area contributed by atoms with Crippen LogP contribution in [0.15, 0.2) is 60.7 Å². The Bertz CT molecular complexity index is 809. The predicted molar refractivity (Wildman–Crippen MR) is 105 cm³/mol. The lowest BCUT2D eigenvalue weighted by molar-refractivity contribution is 0.275. The molecule has 0 aliphatic heterocycles. The summed E-state index contributed by atoms with van der Waals surface area (Å²) in [5, 5.41) is 17.3. The highest BCUT2D eigenvalue weighted by atomic mass is 16.2. The minimum atomic E-state index is 0.225. The molecule has 0 saturated heterocycles. The van der Waals surface area contributed by atoms with Crippen LogP contribution in [0.4, 0.5) is 0 Å². The van der Waals surface area contributed by atoms with Crippen molar-refractivity contribution in [2.24, 2.45) is 0 Å². The summed E-state index contributed by atoms with van der Waals surface area (Å²) >= 11 is 0. The van der Waals surface area contributed by atoms with Crippen molar-refractivity contribution >= 4 is 0 Å². The Morgan fingerprint density at radius 2 is 1.77 bits per heavy atom. The van der Waals surface area contributed by atoms with Crippen molar-refractivity contribution in [2.75, 3.05) is 6.61 Å². The van der Waals surface area contributed by atoms with E-state index in [0.29, 0.717) is 0 Å². The SMILES string of the molecule is Cc1cc(C)n(-c2ccc(CNC(CCCO)c3ccccc3)cc2)n1. The van der Waals surface area contributed by atoms with Crippen molar-refractivity contribution < 1.29 is 5.11 Å². The quantitative estimate of drug-likeness (QED) is 0.644. The van der Waals surface area contributed by atoms with Crippen LogP contribution in [-0.4, -0.2) is 21.5 Å². The molecule has 1 atom stereocenters. The summed E-state index contributed by atoms with van der Waals surface area (Å²) in [7, 11) is 0. The van der Waals surface area contributed by atoms with Gasteiger partial charge in [-0.15, -0.1) is 0 Å². The maximum absolute atomic E-state index is 9.17. The minimum absolute atomic E-state index is 0.225. The summed E-state index contributed by atoms with van der Waals surface area (Å²) in [5.41, 5.74) is 5.75. The molecule has 4 heteroatoms. The molecule has 3 rings (SSSR count). The van der Waals surface area contributed by atoms with Crippen LogP contribution >= 0.6 is 0 Å². The summed E-state index contributed by atoms with van der Waals surface area (Å²) in [6.07, 6.45) is 1.72. The van der Waals surface area contributed by atoms with Gasteiger partial charge in [0.1, 0.15) is 0 Å². The molecule has 2 aromatic carbocycles. The molecule has 0 fully saturated rings. The molecule has 136 valence electrons. The van der Waals surface area contributed by atoms with Crippen LogP contribution in [0.2, 0.25) is 0 Å². The van der Waals surface area contributed by atoms with Crippen LogP contribution in [-0.2, 0) is 6.54 Å². The molecule has 2 N–H and O–H groups in total. The third-order valence-corrected chi connectivity index (χ3v) is 4.60. The number of nitrogens with zero attached hydrogens (tertiary/aromatic N) is 2. The number of benzene rings is 2. The van der Waals surface area contributed by atoms with Crippen molar-refractivity contribution in [3.05, 3.63) is 83.2 Å². The Morgan fingerprint density at radius 1 is 1.04 bits per heavy atom. The molecule has 26 heavy (non-hydrogen) atoms. The fourth-order valence-corrected chi connectivity index (χ4v) is 3.25. The van der Waals surface area contributed by atoms with Gasteiger partial charge in [-0.1, -0.05) is 42.5 Å². The summed E-state index contributed by atoms with van der Waals surface area (Å²) in [6.45, 7) is 5.10. The van der Waals surface area contributed by atoms with E-state index in [2.05, 4.69) is 71.9 Å². The van der Waals surface area contributed by atoms with E-state index < -0.39 is 0 Å². The third-order valence-electron chi connectivity index (χ3n) is 4.60. The molecule has 0 saturated carbocycles. The molecule has 0 amide bonds. The first-order valence-electron chi connectivity index (χ1n) is 9.19.